The largest absolute Gasteiger partial charge is 0.497 e. The first-order valence-corrected chi connectivity index (χ1v) is 18.5. The lowest BCUT2D eigenvalue weighted by Crippen LogP contribution is -2.20. The van der Waals surface area contributed by atoms with E-state index in [1.807, 2.05) is 23.5 Å². The summed E-state index contributed by atoms with van der Waals surface area (Å²) in [6.45, 7) is 10.5. The molecule has 228 valence electrons. The molecule has 4 aliphatic rings. The lowest BCUT2D eigenvalue weighted by atomic mass is 10.0. The van der Waals surface area contributed by atoms with Crippen LogP contribution in [0.2, 0.25) is 0 Å². The maximum absolute atomic E-state index is 5.53. The Hall–Kier alpha value is -2.92. The van der Waals surface area contributed by atoms with Crippen LogP contribution >= 0.6 is 46.2 Å². The minimum atomic E-state index is 0.494. The first kappa shape index (κ1) is 29.8. The third-order valence-corrected chi connectivity index (χ3v) is 12.5. The van der Waals surface area contributed by atoms with Crippen molar-refractivity contribution in [2.75, 3.05) is 40.4 Å². The van der Waals surface area contributed by atoms with Crippen molar-refractivity contribution < 1.29 is 9.47 Å². The summed E-state index contributed by atoms with van der Waals surface area (Å²) in [6, 6.07) is 13.1. The Bertz CT molecular complexity index is 1870. The number of fused-ring (bicyclic) bond motifs is 4. The van der Waals surface area contributed by atoms with Gasteiger partial charge in [0, 0.05) is 54.2 Å². The molecule has 0 radical (unpaired) electrons. The zero-order valence-electron chi connectivity index (χ0n) is 25.7. The Morgan fingerprint density at radius 2 is 1.32 bits per heavy atom. The fraction of sp³-hybridized carbons (Fsp3) is 0.353. The van der Waals surface area contributed by atoms with E-state index in [0.717, 1.165) is 55.7 Å². The predicted molar refractivity (Wildman–Crippen MR) is 194 cm³/mol. The van der Waals surface area contributed by atoms with Crippen molar-refractivity contribution in [1.82, 2.24) is 9.80 Å². The minimum absolute atomic E-state index is 0.494. The maximum atomic E-state index is 5.53. The quantitative estimate of drug-likeness (QED) is 0.197. The monoisotopic (exact) mass is 660 g/mol. The van der Waals surface area contributed by atoms with Crippen LogP contribution in [0.25, 0.3) is 31.6 Å². The average molecular weight is 661 g/mol. The molecule has 6 heterocycles. The molecule has 10 heteroatoms. The standard InChI is InChI=1S/2C17H18N2OS2/c1-10(2)16-15(19-6-5-18-17(19)22-16)13-8-11(20-3)9-14-12(13)4-7-21-14;1-3-4-14-16(19-7-6-18-17(19)22-14)13-9-11(20-2)10-15-12(13)5-8-21-15/h4,7-10H,5-6H2,1-3H3;5,8-10H,3-4,6-7H2,1-2H3. The van der Waals surface area contributed by atoms with Gasteiger partial charge in [-0.1, -0.05) is 50.7 Å². The van der Waals surface area contributed by atoms with Crippen molar-refractivity contribution in [1.29, 1.82) is 0 Å². The van der Waals surface area contributed by atoms with Gasteiger partial charge in [0.15, 0.2) is 10.3 Å². The van der Waals surface area contributed by atoms with E-state index in [-0.39, 0.29) is 0 Å². The first-order valence-electron chi connectivity index (χ1n) is 15.1. The van der Waals surface area contributed by atoms with Gasteiger partial charge in [0.2, 0.25) is 0 Å². The Morgan fingerprint density at radius 1 is 0.773 bits per heavy atom. The van der Waals surface area contributed by atoms with Crippen molar-refractivity contribution >= 4 is 88.1 Å². The number of allylic oxidation sites excluding steroid dienone is 2. The van der Waals surface area contributed by atoms with E-state index in [1.165, 1.54) is 57.7 Å². The number of aliphatic imine (C=N–C) groups is 2. The van der Waals surface area contributed by atoms with Crippen molar-refractivity contribution in [3.05, 3.63) is 68.1 Å². The van der Waals surface area contributed by atoms with Gasteiger partial charge < -0.3 is 19.3 Å². The number of rotatable bonds is 7. The number of benzene rings is 2. The summed E-state index contributed by atoms with van der Waals surface area (Å²) in [4.78, 5) is 16.9. The molecule has 0 N–H and O–H groups in total. The molecule has 0 atom stereocenters. The summed E-state index contributed by atoms with van der Waals surface area (Å²) in [7, 11) is 3.48. The van der Waals surface area contributed by atoms with Crippen LogP contribution in [-0.4, -0.2) is 60.5 Å². The fourth-order valence-corrected chi connectivity index (χ4v) is 10.3. The molecule has 0 bridgehead atoms. The van der Waals surface area contributed by atoms with Crippen LogP contribution in [0.4, 0.5) is 0 Å². The van der Waals surface area contributed by atoms with Gasteiger partial charge in [-0.15, -0.1) is 22.7 Å². The van der Waals surface area contributed by atoms with Crippen LogP contribution in [0, 0.1) is 5.92 Å². The van der Waals surface area contributed by atoms with Gasteiger partial charge in [0.1, 0.15) is 11.5 Å². The van der Waals surface area contributed by atoms with E-state index in [1.54, 1.807) is 36.9 Å². The molecule has 6 nitrogen and oxygen atoms in total. The maximum Gasteiger partial charge on any atom is 0.168 e. The van der Waals surface area contributed by atoms with Crippen LogP contribution in [-0.2, 0) is 0 Å². The van der Waals surface area contributed by atoms with Gasteiger partial charge in [0.25, 0.3) is 0 Å². The highest BCUT2D eigenvalue weighted by atomic mass is 32.2. The van der Waals surface area contributed by atoms with E-state index >= 15 is 0 Å². The lowest BCUT2D eigenvalue weighted by Gasteiger charge is -2.20. The highest BCUT2D eigenvalue weighted by Gasteiger charge is 2.35. The number of ether oxygens (including phenoxy) is 2. The molecule has 0 unspecified atom stereocenters. The fourth-order valence-electron chi connectivity index (χ4n) is 6.11. The van der Waals surface area contributed by atoms with Crippen LogP contribution in [0.1, 0.15) is 44.7 Å². The van der Waals surface area contributed by atoms with Crippen LogP contribution in [0.15, 0.2) is 67.0 Å². The third-order valence-electron chi connectivity index (χ3n) is 8.13. The summed E-state index contributed by atoms with van der Waals surface area (Å²) in [5.74, 6) is 2.35. The second kappa shape index (κ2) is 12.5. The third kappa shape index (κ3) is 5.23. The Kier molecular flexibility index (Phi) is 8.43. The number of hydrogen-bond donors (Lipinski definition) is 0. The van der Waals surface area contributed by atoms with Crippen molar-refractivity contribution in [2.45, 2.75) is 33.6 Å². The molecule has 0 spiro atoms. The number of amidine groups is 2. The highest BCUT2D eigenvalue weighted by Crippen LogP contribution is 2.48. The number of nitrogens with zero attached hydrogens (tertiary/aromatic N) is 4. The zero-order valence-corrected chi connectivity index (χ0v) is 28.9. The predicted octanol–water partition coefficient (Wildman–Crippen LogP) is 9.45. The van der Waals surface area contributed by atoms with E-state index < -0.39 is 0 Å². The molecule has 0 fully saturated rings. The van der Waals surface area contributed by atoms with Crippen molar-refractivity contribution in [3.63, 3.8) is 0 Å². The van der Waals surface area contributed by atoms with Gasteiger partial charge >= 0.3 is 0 Å². The van der Waals surface area contributed by atoms with E-state index in [9.17, 15) is 0 Å². The van der Waals surface area contributed by atoms with Crippen molar-refractivity contribution in [3.8, 4) is 11.5 Å². The second-order valence-corrected chi connectivity index (χ2v) is 15.2. The summed E-state index contributed by atoms with van der Waals surface area (Å²) in [5, 5.41) is 9.28. The Balaban J connectivity index is 0.000000142. The Labute approximate surface area is 275 Å². The highest BCUT2D eigenvalue weighted by molar-refractivity contribution is 8.18. The SMILES string of the molecule is CCCC1=C(c2cc(OC)cc3sccc23)N2CCN=C2S1.COc1cc(C2=C(C(C)C)SC3=NCCN32)c2ccsc2c1. The number of thiophene rings is 2. The molecule has 2 aromatic heterocycles. The molecule has 0 aliphatic carbocycles. The molecular weight excluding hydrogens is 625 g/mol. The molecule has 0 amide bonds. The van der Waals surface area contributed by atoms with E-state index in [2.05, 4.69) is 87.7 Å². The lowest BCUT2D eigenvalue weighted by molar-refractivity contribution is 0.415. The zero-order chi connectivity index (χ0) is 30.4. The van der Waals surface area contributed by atoms with E-state index in [4.69, 9.17) is 9.47 Å². The van der Waals surface area contributed by atoms with Gasteiger partial charge in [-0.2, -0.15) is 0 Å². The molecule has 0 saturated heterocycles. The summed E-state index contributed by atoms with van der Waals surface area (Å²) in [6.07, 6.45) is 2.27. The molecule has 44 heavy (non-hydrogen) atoms. The van der Waals surface area contributed by atoms with Gasteiger partial charge in [0.05, 0.1) is 38.7 Å². The smallest absolute Gasteiger partial charge is 0.168 e. The molecule has 2 aromatic carbocycles. The minimum Gasteiger partial charge on any atom is -0.497 e. The van der Waals surface area contributed by atoms with Gasteiger partial charge in [-0.05, 0) is 59.5 Å². The molecule has 0 saturated carbocycles. The number of methoxy groups -OCH3 is 2. The van der Waals surface area contributed by atoms with E-state index in [0.29, 0.717) is 5.92 Å². The molecule has 4 aromatic rings. The number of thioether (sulfide) groups is 2. The topological polar surface area (TPSA) is 49.7 Å². The van der Waals surface area contributed by atoms with Crippen LogP contribution < -0.4 is 9.47 Å². The summed E-state index contributed by atoms with van der Waals surface area (Å²) < 4.78 is 13.6. The average Bonchev–Trinajstić information content (AvgIpc) is 3.86. The molecular formula is C34H36N4O2S4. The van der Waals surface area contributed by atoms with Gasteiger partial charge in [-0.3, -0.25) is 9.98 Å². The van der Waals surface area contributed by atoms with Crippen LogP contribution in [0.5, 0.6) is 11.5 Å². The van der Waals surface area contributed by atoms with Gasteiger partial charge in [-0.25, -0.2) is 0 Å². The number of hydrogen-bond acceptors (Lipinski definition) is 10. The summed E-state index contributed by atoms with van der Waals surface area (Å²) >= 11 is 7.22. The normalized spacial score (nSPS) is 17.5. The molecule has 4 aliphatic heterocycles. The van der Waals surface area contributed by atoms with Crippen molar-refractivity contribution in [2.24, 2.45) is 15.9 Å². The first-order chi connectivity index (χ1) is 21.5. The molecule has 8 rings (SSSR count). The second-order valence-electron chi connectivity index (χ2n) is 11.2. The Morgan fingerprint density at radius 3 is 1.86 bits per heavy atom. The summed E-state index contributed by atoms with van der Waals surface area (Å²) in [5.41, 5.74) is 5.25. The van der Waals surface area contributed by atoms with Crippen LogP contribution in [0.3, 0.4) is 0 Å².